The molecular formula is C15H25NO2. The van der Waals surface area contributed by atoms with Crippen molar-refractivity contribution >= 4 is 12.2 Å². The minimum atomic E-state index is -0.816. The van der Waals surface area contributed by atoms with Crippen molar-refractivity contribution in [1.82, 2.24) is 0 Å². The lowest BCUT2D eigenvalue weighted by Gasteiger charge is -2.44. The van der Waals surface area contributed by atoms with Gasteiger partial charge in [-0.05, 0) is 49.4 Å². The summed E-state index contributed by atoms with van der Waals surface area (Å²) in [6.45, 7) is 6.70. The van der Waals surface area contributed by atoms with Gasteiger partial charge in [-0.3, -0.25) is 4.99 Å². The molecule has 1 aliphatic carbocycles. The van der Waals surface area contributed by atoms with Gasteiger partial charge in [0.1, 0.15) is 0 Å². The van der Waals surface area contributed by atoms with Crippen LogP contribution in [0.25, 0.3) is 0 Å². The molecule has 1 fully saturated rings. The molecule has 0 spiro atoms. The Bertz CT molecular complexity index is 350. The van der Waals surface area contributed by atoms with E-state index in [1.165, 1.54) is 6.42 Å². The number of hydrogen-bond donors (Lipinski definition) is 1. The third-order valence-corrected chi connectivity index (χ3v) is 4.98. The van der Waals surface area contributed by atoms with Gasteiger partial charge in [0.2, 0.25) is 0 Å². The number of aliphatic carboxylic acids is 1. The SMILES string of the molecule is CC1CCC(C(C)C)C(C2(C(=O)O)CCC=N2)C1. The van der Waals surface area contributed by atoms with Crippen molar-refractivity contribution in [3.8, 4) is 0 Å². The fourth-order valence-corrected chi connectivity index (χ4v) is 3.93. The molecule has 0 aromatic rings. The fraction of sp³-hybridized carbons (Fsp3) is 0.867. The lowest BCUT2D eigenvalue weighted by atomic mass is 9.62. The van der Waals surface area contributed by atoms with Gasteiger partial charge in [0.15, 0.2) is 5.54 Å². The molecule has 2 rings (SSSR count). The van der Waals surface area contributed by atoms with Crippen molar-refractivity contribution in [3.05, 3.63) is 0 Å². The van der Waals surface area contributed by atoms with Crippen LogP contribution in [0.15, 0.2) is 4.99 Å². The van der Waals surface area contributed by atoms with Crippen LogP contribution in [0.1, 0.15) is 52.9 Å². The maximum Gasteiger partial charge on any atom is 0.331 e. The van der Waals surface area contributed by atoms with E-state index in [1.807, 2.05) is 6.21 Å². The van der Waals surface area contributed by atoms with Crippen LogP contribution >= 0.6 is 0 Å². The van der Waals surface area contributed by atoms with E-state index >= 15 is 0 Å². The van der Waals surface area contributed by atoms with Gasteiger partial charge in [-0.25, -0.2) is 4.79 Å². The number of carboxylic acids is 1. The Morgan fingerprint density at radius 2 is 2.17 bits per heavy atom. The maximum atomic E-state index is 11.8. The summed E-state index contributed by atoms with van der Waals surface area (Å²) in [6, 6.07) is 0. The molecule has 0 aromatic carbocycles. The molecule has 2 aliphatic rings. The van der Waals surface area contributed by atoms with Crippen LogP contribution in [0.5, 0.6) is 0 Å². The highest BCUT2D eigenvalue weighted by atomic mass is 16.4. The van der Waals surface area contributed by atoms with Gasteiger partial charge in [-0.1, -0.05) is 27.2 Å². The van der Waals surface area contributed by atoms with Crippen LogP contribution in [-0.2, 0) is 4.79 Å². The number of aliphatic imine (C=N–C) groups is 1. The Balaban J connectivity index is 2.31. The van der Waals surface area contributed by atoms with E-state index in [-0.39, 0.29) is 5.92 Å². The quantitative estimate of drug-likeness (QED) is 0.836. The number of carboxylic acid groups (broad SMARTS) is 1. The zero-order valence-corrected chi connectivity index (χ0v) is 11.7. The van der Waals surface area contributed by atoms with E-state index in [0.29, 0.717) is 24.2 Å². The van der Waals surface area contributed by atoms with Crippen LogP contribution in [0.2, 0.25) is 0 Å². The van der Waals surface area contributed by atoms with E-state index in [1.54, 1.807) is 0 Å². The van der Waals surface area contributed by atoms with E-state index in [2.05, 4.69) is 25.8 Å². The number of rotatable bonds is 3. The van der Waals surface area contributed by atoms with Gasteiger partial charge in [0.25, 0.3) is 0 Å². The Kier molecular flexibility index (Phi) is 3.79. The number of hydrogen-bond acceptors (Lipinski definition) is 2. The van der Waals surface area contributed by atoms with Gasteiger partial charge < -0.3 is 5.11 Å². The van der Waals surface area contributed by atoms with Gasteiger partial charge >= 0.3 is 5.97 Å². The second-order valence-electron chi connectivity index (χ2n) is 6.51. The third kappa shape index (κ3) is 2.19. The van der Waals surface area contributed by atoms with Crippen molar-refractivity contribution in [2.45, 2.75) is 58.4 Å². The Morgan fingerprint density at radius 3 is 2.67 bits per heavy atom. The molecule has 3 heteroatoms. The highest BCUT2D eigenvalue weighted by Crippen LogP contribution is 2.47. The van der Waals surface area contributed by atoms with Gasteiger partial charge in [-0.2, -0.15) is 0 Å². The molecule has 0 radical (unpaired) electrons. The average Bonchev–Trinajstić information content (AvgIpc) is 2.78. The van der Waals surface area contributed by atoms with Gasteiger partial charge in [0.05, 0.1) is 0 Å². The summed E-state index contributed by atoms with van der Waals surface area (Å²) < 4.78 is 0. The van der Waals surface area contributed by atoms with Crippen molar-refractivity contribution in [2.75, 3.05) is 0 Å². The molecule has 0 saturated heterocycles. The first-order valence-electron chi connectivity index (χ1n) is 7.24. The van der Waals surface area contributed by atoms with Gasteiger partial charge in [-0.15, -0.1) is 0 Å². The minimum absolute atomic E-state index is 0.220. The first-order valence-corrected chi connectivity index (χ1v) is 7.24. The molecule has 3 nitrogen and oxygen atoms in total. The van der Waals surface area contributed by atoms with Crippen molar-refractivity contribution < 1.29 is 9.90 Å². The molecule has 0 amide bonds. The van der Waals surface area contributed by atoms with E-state index in [0.717, 1.165) is 19.3 Å². The standard InChI is InChI=1S/C15H25NO2/c1-10(2)12-6-5-11(3)9-13(12)15(14(17)18)7-4-8-16-15/h8,10-13H,4-7,9H2,1-3H3,(H,17,18). The normalized spacial score (nSPS) is 40.3. The smallest absolute Gasteiger partial charge is 0.331 e. The van der Waals surface area contributed by atoms with E-state index < -0.39 is 11.5 Å². The summed E-state index contributed by atoms with van der Waals surface area (Å²) >= 11 is 0. The van der Waals surface area contributed by atoms with Crippen molar-refractivity contribution in [3.63, 3.8) is 0 Å². The Labute approximate surface area is 110 Å². The topological polar surface area (TPSA) is 49.7 Å². The number of nitrogens with zero attached hydrogens (tertiary/aromatic N) is 1. The summed E-state index contributed by atoms with van der Waals surface area (Å²) in [4.78, 5) is 16.2. The highest BCUT2D eigenvalue weighted by Gasteiger charge is 2.51. The average molecular weight is 251 g/mol. The third-order valence-electron chi connectivity index (χ3n) is 4.98. The molecule has 4 unspecified atom stereocenters. The molecule has 102 valence electrons. The lowest BCUT2D eigenvalue weighted by molar-refractivity contribution is -0.147. The second-order valence-corrected chi connectivity index (χ2v) is 6.51. The summed E-state index contributed by atoms with van der Waals surface area (Å²) in [7, 11) is 0. The summed E-state index contributed by atoms with van der Waals surface area (Å²) in [5.74, 6) is 1.21. The predicted molar refractivity (Wildman–Crippen MR) is 72.9 cm³/mol. The lowest BCUT2D eigenvalue weighted by Crippen LogP contribution is -2.49. The van der Waals surface area contributed by atoms with Crippen LogP contribution in [-0.4, -0.2) is 22.8 Å². The summed E-state index contributed by atoms with van der Waals surface area (Å²) in [5.41, 5.74) is -0.816. The molecule has 1 N–H and O–H groups in total. The van der Waals surface area contributed by atoms with Crippen molar-refractivity contribution in [2.24, 2.45) is 28.7 Å². The van der Waals surface area contributed by atoms with E-state index in [9.17, 15) is 9.90 Å². The first-order chi connectivity index (χ1) is 8.47. The predicted octanol–water partition coefficient (Wildman–Crippen LogP) is 3.38. The zero-order chi connectivity index (χ0) is 13.3. The summed E-state index contributed by atoms with van der Waals surface area (Å²) in [6.07, 6.45) is 6.76. The second kappa shape index (κ2) is 5.02. The molecule has 4 atom stereocenters. The minimum Gasteiger partial charge on any atom is -0.479 e. The molecule has 1 saturated carbocycles. The van der Waals surface area contributed by atoms with Crippen LogP contribution in [0, 0.1) is 23.7 Å². The molecular weight excluding hydrogens is 226 g/mol. The van der Waals surface area contributed by atoms with Crippen LogP contribution < -0.4 is 0 Å². The zero-order valence-electron chi connectivity index (χ0n) is 11.7. The fourth-order valence-electron chi connectivity index (χ4n) is 3.93. The highest BCUT2D eigenvalue weighted by molar-refractivity contribution is 5.84. The summed E-state index contributed by atoms with van der Waals surface area (Å²) in [5, 5.41) is 9.69. The van der Waals surface area contributed by atoms with Crippen LogP contribution in [0.4, 0.5) is 0 Å². The molecule has 1 aliphatic heterocycles. The largest absolute Gasteiger partial charge is 0.479 e. The maximum absolute atomic E-state index is 11.8. The molecule has 0 bridgehead atoms. The van der Waals surface area contributed by atoms with Crippen LogP contribution in [0.3, 0.4) is 0 Å². The Morgan fingerprint density at radius 1 is 1.44 bits per heavy atom. The monoisotopic (exact) mass is 251 g/mol. The Hall–Kier alpha value is -0.860. The first kappa shape index (κ1) is 13.6. The molecule has 18 heavy (non-hydrogen) atoms. The number of carbonyl (C=O) groups is 1. The van der Waals surface area contributed by atoms with E-state index in [4.69, 9.17) is 0 Å². The molecule has 0 aromatic heterocycles. The molecule has 1 heterocycles. The van der Waals surface area contributed by atoms with Gasteiger partial charge in [0, 0.05) is 6.21 Å². The van der Waals surface area contributed by atoms with Crippen molar-refractivity contribution in [1.29, 1.82) is 0 Å².